The maximum absolute atomic E-state index is 13.2. The van der Waals surface area contributed by atoms with Gasteiger partial charge in [0.25, 0.3) is 0 Å². The second-order valence-corrected chi connectivity index (χ2v) is 12.6. The van der Waals surface area contributed by atoms with Gasteiger partial charge in [-0.15, -0.1) is 10.2 Å². The van der Waals surface area contributed by atoms with Crippen LogP contribution in [0.25, 0.3) is 17.2 Å². The summed E-state index contributed by atoms with van der Waals surface area (Å²) in [5.41, 5.74) is 0.556. The van der Waals surface area contributed by atoms with Gasteiger partial charge in [-0.3, -0.25) is 14.0 Å². The standard InChI is InChI=1S/C23H25ClN6O7S2/c1-29-11-10-16(27-29)22-25-26-23(30(22)21-18(36-2)6-5-7-19(21)37-3)28-39(34,35)13-17(31)15-9-8-14(24)12-20(15)38(4,32)33/h5-12,17,31H,13H2,1-4H3,(H,26,28)/t17-/m1/s1. The Morgan fingerprint density at radius 1 is 1.05 bits per heavy atom. The van der Waals surface area contributed by atoms with Crippen LogP contribution in [0.3, 0.4) is 0 Å². The third-order valence-corrected chi connectivity index (χ3v) is 8.23. The number of sulfonamides is 1. The number of halogens is 1. The molecule has 4 rings (SSSR count). The molecule has 0 amide bonds. The fraction of sp³-hybridized carbons (Fsp3) is 0.261. The maximum atomic E-state index is 13.2. The van der Waals surface area contributed by atoms with Crippen molar-refractivity contribution in [2.75, 3.05) is 31.0 Å². The first-order chi connectivity index (χ1) is 18.3. The fourth-order valence-electron chi connectivity index (χ4n) is 3.90. The van der Waals surface area contributed by atoms with Crippen molar-refractivity contribution in [2.45, 2.75) is 11.0 Å². The number of ether oxygens (including phenoxy) is 2. The van der Waals surface area contributed by atoms with E-state index in [1.54, 1.807) is 42.2 Å². The molecule has 0 unspecified atom stereocenters. The molecule has 0 fully saturated rings. The molecule has 0 aliphatic carbocycles. The van der Waals surface area contributed by atoms with Gasteiger partial charge in [-0.2, -0.15) is 5.10 Å². The molecule has 2 heterocycles. The van der Waals surface area contributed by atoms with Gasteiger partial charge in [-0.1, -0.05) is 23.7 Å². The van der Waals surface area contributed by atoms with Gasteiger partial charge in [0.15, 0.2) is 15.7 Å². The molecule has 4 aromatic rings. The van der Waals surface area contributed by atoms with E-state index in [1.807, 2.05) is 0 Å². The normalized spacial score (nSPS) is 12.8. The summed E-state index contributed by atoms with van der Waals surface area (Å²) in [6.07, 6.45) is 0.903. The van der Waals surface area contributed by atoms with E-state index in [9.17, 15) is 21.9 Å². The summed E-state index contributed by atoms with van der Waals surface area (Å²) >= 11 is 5.93. The SMILES string of the molecule is COc1cccc(OC)c1-n1c(NS(=O)(=O)C[C@@H](O)c2ccc(Cl)cc2S(C)(=O)=O)nnc1-c1ccn(C)n1. The highest BCUT2D eigenvalue weighted by atomic mass is 35.5. The van der Waals surface area contributed by atoms with Crippen LogP contribution in [0.2, 0.25) is 5.02 Å². The summed E-state index contributed by atoms with van der Waals surface area (Å²) < 4.78 is 67.2. The van der Waals surface area contributed by atoms with Gasteiger partial charge in [-0.25, -0.2) is 16.8 Å². The number of methoxy groups -OCH3 is 2. The predicted octanol–water partition coefficient (Wildman–Crippen LogP) is 2.22. The van der Waals surface area contributed by atoms with E-state index in [0.29, 0.717) is 22.9 Å². The average molecular weight is 597 g/mol. The van der Waals surface area contributed by atoms with E-state index >= 15 is 0 Å². The number of sulfone groups is 1. The highest BCUT2D eigenvalue weighted by Crippen LogP contribution is 2.37. The van der Waals surface area contributed by atoms with E-state index < -0.39 is 31.7 Å². The molecule has 2 aromatic carbocycles. The molecular weight excluding hydrogens is 572 g/mol. The number of hydrogen-bond acceptors (Lipinski definition) is 10. The summed E-state index contributed by atoms with van der Waals surface area (Å²) in [7, 11) is -3.58. The zero-order valence-electron chi connectivity index (χ0n) is 21.2. The Morgan fingerprint density at radius 3 is 2.28 bits per heavy atom. The number of aliphatic hydroxyl groups is 1. The van der Waals surface area contributed by atoms with Crippen LogP contribution in [0.5, 0.6) is 11.5 Å². The maximum Gasteiger partial charge on any atom is 0.243 e. The van der Waals surface area contributed by atoms with Crippen molar-refractivity contribution in [2.24, 2.45) is 7.05 Å². The van der Waals surface area contributed by atoms with Crippen LogP contribution in [0.4, 0.5) is 5.95 Å². The van der Waals surface area contributed by atoms with Crippen molar-refractivity contribution >= 4 is 37.4 Å². The number of aliphatic hydroxyl groups excluding tert-OH is 1. The molecule has 0 aliphatic rings. The zero-order valence-corrected chi connectivity index (χ0v) is 23.6. The first-order valence-electron chi connectivity index (χ1n) is 11.2. The molecule has 1 atom stereocenters. The Hall–Kier alpha value is -3.66. The number of rotatable bonds is 10. The molecule has 208 valence electrons. The third-order valence-electron chi connectivity index (χ3n) is 5.59. The van der Waals surface area contributed by atoms with Crippen LogP contribution >= 0.6 is 11.6 Å². The number of aromatic nitrogens is 5. The molecule has 39 heavy (non-hydrogen) atoms. The number of para-hydroxylation sites is 1. The smallest absolute Gasteiger partial charge is 0.243 e. The lowest BCUT2D eigenvalue weighted by molar-refractivity contribution is 0.198. The van der Waals surface area contributed by atoms with E-state index in [2.05, 4.69) is 20.0 Å². The molecule has 16 heteroatoms. The third kappa shape index (κ3) is 6.00. The largest absolute Gasteiger partial charge is 0.494 e. The molecule has 0 saturated carbocycles. The van der Waals surface area contributed by atoms with E-state index in [1.165, 1.54) is 30.9 Å². The number of nitrogens with one attached hydrogen (secondary N) is 1. The first-order valence-corrected chi connectivity index (χ1v) is 15.1. The summed E-state index contributed by atoms with van der Waals surface area (Å²) in [6.45, 7) is 0. The second kappa shape index (κ2) is 10.8. The minimum absolute atomic E-state index is 0.116. The quantitative estimate of drug-likeness (QED) is 0.277. The average Bonchev–Trinajstić information content (AvgIpc) is 3.47. The van der Waals surface area contributed by atoms with Gasteiger partial charge in [0.05, 0.1) is 31.0 Å². The Labute approximate surface area is 229 Å². The Kier molecular flexibility index (Phi) is 7.88. The van der Waals surface area contributed by atoms with Crippen molar-refractivity contribution < 1.29 is 31.4 Å². The molecule has 0 radical (unpaired) electrons. The van der Waals surface area contributed by atoms with Crippen molar-refractivity contribution in [3.63, 3.8) is 0 Å². The monoisotopic (exact) mass is 596 g/mol. The fourth-order valence-corrected chi connectivity index (χ4v) is 6.20. The molecular formula is C23H25ClN6O7S2. The van der Waals surface area contributed by atoms with Gasteiger partial charge in [0.2, 0.25) is 16.0 Å². The van der Waals surface area contributed by atoms with E-state index in [0.717, 1.165) is 12.3 Å². The lowest BCUT2D eigenvalue weighted by atomic mass is 10.1. The molecule has 0 spiro atoms. The van der Waals surface area contributed by atoms with Crippen LogP contribution in [-0.2, 0) is 26.9 Å². The Bertz CT molecular complexity index is 1710. The van der Waals surface area contributed by atoms with Crippen molar-refractivity contribution in [3.05, 3.63) is 59.2 Å². The van der Waals surface area contributed by atoms with Crippen molar-refractivity contribution in [1.29, 1.82) is 0 Å². The van der Waals surface area contributed by atoms with Gasteiger partial charge >= 0.3 is 0 Å². The number of aryl methyl sites for hydroxylation is 1. The summed E-state index contributed by atoms with van der Waals surface area (Å²) in [6, 6.07) is 10.4. The number of anilines is 1. The molecule has 0 saturated heterocycles. The van der Waals surface area contributed by atoms with Crippen LogP contribution in [0, 0.1) is 0 Å². The van der Waals surface area contributed by atoms with Crippen LogP contribution in [-0.4, -0.2) is 72.7 Å². The minimum atomic E-state index is -4.35. The first kappa shape index (κ1) is 28.4. The lowest BCUT2D eigenvalue weighted by Gasteiger charge is -2.18. The van der Waals surface area contributed by atoms with Crippen LogP contribution in [0.1, 0.15) is 11.7 Å². The molecule has 13 nitrogen and oxygen atoms in total. The van der Waals surface area contributed by atoms with Gasteiger partial charge in [0.1, 0.15) is 22.9 Å². The topological polar surface area (TPSA) is 168 Å². The van der Waals surface area contributed by atoms with Crippen LogP contribution in [0.15, 0.2) is 53.6 Å². The summed E-state index contributed by atoms with van der Waals surface area (Å²) in [4.78, 5) is -0.280. The van der Waals surface area contributed by atoms with Gasteiger partial charge in [-0.05, 0) is 30.3 Å². The minimum Gasteiger partial charge on any atom is -0.494 e. The highest BCUT2D eigenvalue weighted by Gasteiger charge is 2.29. The second-order valence-electron chi connectivity index (χ2n) is 8.42. The van der Waals surface area contributed by atoms with Crippen molar-refractivity contribution in [1.82, 2.24) is 24.5 Å². The number of nitrogens with zero attached hydrogens (tertiary/aromatic N) is 5. The number of hydrogen-bond donors (Lipinski definition) is 2. The highest BCUT2D eigenvalue weighted by molar-refractivity contribution is 7.92. The predicted molar refractivity (Wildman–Crippen MR) is 144 cm³/mol. The molecule has 0 bridgehead atoms. The Balaban J connectivity index is 1.79. The lowest BCUT2D eigenvalue weighted by Crippen LogP contribution is -2.24. The summed E-state index contributed by atoms with van der Waals surface area (Å²) in [5, 5.41) is 23.4. The van der Waals surface area contributed by atoms with E-state index in [-0.39, 0.29) is 27.3 Å². The van der Waals surface area contributed by atoms with Crippen LogP contribution < -0.4 is 14.2 Å². The number of benzene rings is 2. The molecule has 2 N–H and O–H groups in total. The van der Waals surface area contributed by atoms with E-state index in [4.69, 9.17) is 21.1 Å². The zero-order chi connectivity index (χ0) is 28.5. The molecule has 2 aromatic heterocycles. The van der Waals surface area contributed by atoms with Gasteiger partial charge in [0, 0.05) is 30.1 Å². The Morgan fingerprint density at radius 2 is 1.72 bits per heavy atom. The summed E-state index contributed by atoms with van der Waals surface area (Å²) in [5.74, 6) is -0.318. The molecule has 0 aliphatic heterocycles. The van der Waals surface area contributed by atoms with Crippen molar-refractivity contribution in [3.8, 4) is 28.7 Å². The van der Waals surface area contributed by atoms with Gasteiger partial charge < -0.3 is 14.6 Å².